The first-order chi connectivity index (χ1) is 15.1. The zero-order valence-corrected chi connectivity index (χ0v) is 17.1. The molecular formula is C20H18F3N3O6. The first-order valence-electron chi connectivity index (χ1n) is 9.00. The van der Waals surface area contributed by atoms with Crippen LogP contribution in [0, 0.1) is 0 Å². The van der Waals surface area contributed by atoms with Gasteiger partial charge in [0.2, 0.25) is 5.75 Å². The van der Waals surface area contributed by atoms with Gasteiger partial charge in [-0.15, -0.1) is 0 Å². The van der Waals surface area contributed by atoms with Gasteiger partial charge in [0, 0.05) is 5.56 Å². The Labute approximate surface area is 180 Å². The van der Waals surface area contributed by atoms with Gasteiger partial charge in [-0.2, -0.15) is 13.2 Å². The smallest absolute Gasteiger partial charge is 0.440 e. The van der Waals surface area contributed by atoms with Crippen molar-refractivity contribution in [2.75, 3.05) is 26.2 Å². The maximum Gasteiger partial charge on any atom is 0.440 e. The van der Waals surface area contributed by atoms with Crippen molar-refractivity contribution in [1.29, 1.82) is 0 Å². The van der Waals surface area contributed by atoms with Gasteiger partial charge in [-0.1, -0.05) is 18.2 Å². The van der Waals surface area contributed by atoms with Crippen LogP contribution in [0.1, 0.15) is 10.4 Å². The van der Waals surface area contributed by atoms with Crippen LogP contribution in [-0.2, 0) is 4.79 Å². The Balaban J connectivity index is 2.03. The number of carbonyl (C=O) groups is 3. The van der Waals surface area contributed by atoms with E-state index in [2.05, 4.69) is 0 Å². The predicted molar refractivity (Wildman–Crippen MR) is 105 cm³/mol. The molecule has 0 spiro atoms. The van der Waals surface area contributed by atoms with E-state index in [1.807, 2.05) is 0 Å². The van der Waals surface area contributed by atoms with Crippen LogP contribution in [0.5, 0.6) is 17.2 Å². The standard InChI is InChI=1S/C20H18F3N3O6/c1-30-13-9-11(10-14(31-2)15(13)32-3)16(27)24-19(20(21,22)23)17(28)26(18(29)25-19)12-7-5-4-6-8-12/h4-10H,1-3H3,(H,24,27)(H,25,29)/t19-/m0/s1. The lowest BCUT2D eigenvalue weighted by molar-refractivity contribution is -0.197. The van der Waals surface area contributed by atoms with E-state index in [4.69, 9.17) is 14.2 Å². The van der Waals surface area contributed by atoms with E-state index in [0.717, 1.165) is 12.1 Å². The van der Waals surface area contributed by atoms with Crippen LogP contribution in [0.25, 0.3) is 0 Å². The summed E-state index contributed by atoms with van der Waals surface area (Å²) >= 11 is 0. The number of hydrogen-bond donors (Lipinski definition) is 2. The Morgan fingerprint density at radius 2 is 1.56 bits per heavy atom. The highest BCUT2D eigenvalue weighted by molar-refractivity contribution is 6.24. The number of nitrogens with zero attached hydrogens (tertiary/aromatic N) is 1. The zero-order chi connectivity index (χ0) is 23.7. The summed E-state index contributed by atoms with van der Waals surface area (Å²) in [5, 5.41) is 3.21. The number of alkyl halides is 3. The molecule has 2 N–H and O–H groups in total. The Morgan fingerprint density at radius 3 is 2.03 bits per heavy atom. The van der Waals surface area contributed by atoms with E-state index >= 15 is 0 Å². The van der Waals surface area contributed by atoms with Gasteiger partial charge in [-0.3, -0.25) is 14.9 Å². The van der Waals surface area contributed by atoms with E-state index in [1.165, 1.54) is 45.6 Å². The van der Waals surface area contributed by atoms with Crippen molar-refractivity contribution in [1.82, 2.24) is 10.6 Å². The number of carbonyl (C=O) groups excluding carboxylic acids is 3. The molecule has 170 valence electrons. The molecule has 4 amide bonds. The first kappa shape index (κ1) is 22.7. The highest BCUT2D eigenvalue weighted by Gasteiger charge is 2.69. The molecule has 2 aromatic carbocycles. The number of para-hydroxylation sites is 1. The second-order valence-electron chi connectivity index (χ2n) is 6.52. The number of hydrogen-bond acceptors (Lipinski definition) is 6. The van der Waals surface area contributed by atoms with Crippen LogP contribution in [-0.4, -0.2) is 51.0 Å². The third kappa shape index (κ3) is 3.63. The molecule has 1 aliphatic rings. The number of ether oxygens (including phenoxy) is 3. The van der Waals surface area contributed by atoms with Gasteiger partial charge in [0.1, 0.15) is 0 Å². The summed E-state index contributed by atoms with van der Waals surface area (Å²) in [6.45, 7) is 0. The normalized spacial score (nSPS) is 18.2. The summed E-state index contributed by atoms with van der Waals surface area (Å²) in [5.74, 6) is -2.90. The van der Waals surface area contributed by atoms with E-state index in [-0.39, 0.29) is 28.5 Å². The van der Waals surface area contributed by atoms with Crippen LogP contribution in [0.2, 0.25) is 0 Å². The number of anilines is 1. The fourth-order valence-electron chi connectivity index (χ4n) is 3.14. The number of nitrogens with one attached hydrogen (secondary N) is 2. The summed E-state index contributed by atoms with van der Waals surface area (Å²) in [4.78, 5) is 38.3. The van der Waals surface area contributed by atoms with Crippen molar-refractivity contribution in [2.45, 2.75) is 11.8 Å². The fourth-order valence-corrected chi connectivity index (χ4v) is 3.14. The largest absolute Gasteiger partial charge is 0.493 e. The maximum atomic E-state index is 14.1. The van der Waals surface area contributed by atoms with Gasteiger partial charge < -0.3 is 19.5 Å². The summed E-state index contributed by atoms with van der Waals surface area (Å²) in [6.07, 6.45) is -5.36. The highest BCUT2D eigenvalue weighted by Crippen LogP contribution is 2.39. The zero-order valence-electron chi connectivity index (χ0n) is 17.1. The van der Waals surface area contributed by atoms with Crippen LogP contribution >= 0.6 is 0 Å². The van der Waals surface area contributed by atoms with Crippen molar-refractivity contribution in [3.05, 3.63) is 48.0 Å². The van der Waals surface area contributed by atoms with E-state index < -0.39 is 29.7 Å². The van der Waals surface area contributed by atoms with E-state index in [9.17, 15) is 27.6 Å². The van der Waals surface area contributed by atoms with Crippen LogP contribution in [0.3, 0.4) is 0 Å². The molecule has 12 heteroatoms. The monoisotopic (exact) mass is 453 g/mol. The van der Waals surface area contributed by atoms with E-state index in [1.54, 1.807) is 16.7 Å². The highest BCUT2D eigenvalue weighted by atomic mass is 19.4. The van der Waals surface area contributed by atoms with Crippen LogP contribution < -0.4 is 29.7 Å². The Kier molecular flexibility index (Phi) is 5.88. The molecule has 0 saturated carbocycles. The van der Waals surface area contributed by atoms with Crippen LogP contribution in [0.4, 0.5) is 23.7 Å². The minimum absolute atomic E-state index is 0.00533. The summed E-state index contributed by atoms with van der Waals surface area (Å²) < 4.78 is 57.5. The quantitative estimate of drug-likeness (QED) is 0.651. The van der Waals surface area contributed by atoms with Gasteiger partial charge in [-0.25, -0.2) is 9.69 Å². The molecule has 1 fully saturated rings. The van der Waals surface area contributed by atoms with Crippen molar-refractivity contribution < 1.29 is 41.8 Å². The molecule has 1 aliphatic heterocycles. The topological polar surface area (TPSA) is 106 Å². The summed E-state index contributed by atoms with van der Waals surface area (Å²) in [5.41, 5.74) is -4.11. The molecule has 0 unspecified atom stereocenters. The third-order valence-electron chi connectivity index (χ3n) is 4.69. The van der Waals surface area contributed by atoms with Gasteiger partial charge in [-0.05, 0) is 24.3 Å². The van der Waals surface area contributed by atoms with E-state index in [0.29, 0.717) is 4.90 Å². The molecule has 1 heterocycles. The van der Waals surface area contributed by atoms with Crippen molar-refractivity contribution in [2.24, 2.45) is 0 Å². The minimum atomic E-state index is -5.36. The summed E-state index contributed by atoms with van der Waals surface area (Å²) in [6, 6.07) is 7.88. The molecule has 2 aromatic rings. The van der Waals surface area contributed by atoms with Gasteiger partial charge >= 0.3 is 12.2 Å². The molecule has 1 saturated heterocycles. The van der Waals surface area contributed by atoms with Crippen LogP contribution in [0.15, 0.2) is 42.5 Å². The molecule has 0 radical (unpaired) electrons. The predicted octanol–water partition coefficient (Wildman–Crippen LogP) is 2.46. The number of benzene rings is 2. The fraction of sp³-hybridized carbons (Fsp3) is 0.250. The lowest BCUT2D eigenvalue weighted by Crippen LogP contribution is -2.69. The third-order valence-corrected chi connectivity index (χ3v) is 4.69. The number of rotatable bonds is 6. The Hall–Kier alpha value is -3.96. The van der Waals surface area contributed by atoms with Gasteiger partial charge in [0.15, 0.2) is 11.5 Å². The second-order valence-corrected chi connectivity index (χ2v) is 6.52. The molecular weight excluding hydrogens is 435 g/mol. The molecule has 0 bridgehead atoms. The Morgan fingerprint density at radius 1 is 1.00 bits per heavy atom. The molecule has 32 heavy (non-hydrogen) atoms. The van der Waals surface area contributed by atoms with Gasteiger partial charge in [0.05, 0.1) is 27.0 Å². The maximum absolute atomic E-state index is 14.1. The lowest BCUT2D eigenvalue weighted by Gasteiger charge is -2.30. The lowest BCUT2D eigenvalue weighted by atomic mass is 10.1. The molecule has 0 aliphatic carbocycles. The molecule has 1 atom stereocenters. The SMILES string of the molecule is COc1cc(C(=O)N[C@]2(C(F)(F)F)NC(=O)N(c3ccccc3)C2=O)cc(OC)c1OC. The average Bonchev–Trinajstić information content (AvgIpc) is 3.03. The Bertz CT molecular complexity index is 1040. The molecule has 0 aromatic heterocycles. The average molecular weight is 453 g/mol. The van der Waals surface area contributed by atoms with Gasteiger partial charge in [0.25, 0.3) is 17.5 Å². The number of imide groups is 1. The molecule has 3 rings (SSSR count). The number of urea groups is 1. The number of halogens is 3. The molecule has 9 nitrogen and oxygen atoms in total. The van der Waals surface area contributed by atoms with Crippen molar-refractivity contribution >= 4 is 23.5 Å². The number of amides is 4. The summed E-state index contributed by atoms with van der Waals surface area (Å²) in [7, 11) is 3.83. The van der Waals surface area contributed by atoms with Crippen molar-refractivity contribution in [3.8, 4) is 17.2 Å². The first-order valence-corrected chi connectivity index (χ1v) is 9.00. The minimum Gasteiger partial charge on any atom is -0.493 e. The number of methoxy groups -OCH3 is 3. The second kappa shape index (κ2) is 8.29. The van der Waals surface area contributed by atoms with Crippen molar-refractivity contribution in [3.63, 3.8) is 0 Å².